The van der Waals surface area contributed by atoms with Crippen LogP contribution in [-0.4, -0.2) is 78.5 Å². The monoisotopic (exact) mass is 639 g/mol. The second kappa shape index (κ2) is 9.28. The van der Waals surface area contributed by atoms with Crippen LogP contribution in [0.4, 0.5) is 87.9 Å². The van der Waals surface area contributed by atoms with Gasteiger partial charge in [-0.05, 0) is 6.92 Å². The summed E-state index contributed by atoms with van der Waals surface area (Å²) in [6.45, 7) is -0.736. The minimum absolute atomic E-state index is 0.564. The first-order valence-electron chi connectivity index (χ1n) is 8.11. The molecule has 0 aliphatic carbocycles. The molecular formula is C12H5F20NO4S. The molecule has 0 amide bonds. The van der Waals surface area contributed by atoms with Crippen LogP contribution >= 0.6 is 0 Å². The van der Waals surface area contributed by atoms with Crippen LogP contribution in [0, 0.1) is 0 Å². The SMILES string of the molecule is CCOC(=O)C(F)(F)N(F)S(=O)(=O)C(F)(F)C(F)(F)C(F)(F)C(F)(F)C(F)(F)C(F)(F)C(F)(F)C(F)(F)F. The third-order valence-corrected chi connectivity index (χ3v) is 5.53. The van der Waals surface area contributed by atoms with Crippen LogP contribution in [-0.2, 0) is 19.6 Å². The summed E-state index contributed by atoms with van der Waals surface area (Å²) in [6, 6.07) is -6.74. The fourth-order valence-electron chi connectivity index (χ4n) is 1.85. The number of ether oxygens (including phenoxy) is 1. The molecule has 0 rings (SSSR count). The maximum Gasteiger partial charge on any atom is 0.460 e. The summed E-state index contributed by atoms with van der Waals surface area (Å²) in [5.74, 6) is -57.6. The summed E-state index contributed by atoms with van der Waals surface area (Å²) in [5.41, 5.74) is 0. The summed E-state index contributed by atoms with van der Waals surface area (Å²) in [6.07, 6.45) is -8.05. The van der Waals surface area contributed by atoms with Crippen molar-refractivity contribution in [2.75, 3.05) is 6.61 Å². The highest BCUT2D eigenvalue weighted by Crippen LogP contribution is 2.64. The van der Waals surface area contributed by atoms with Gasteiger partial charge in [0.25, 0.3) is 0 Å². The van der Waals surface area contributed by atoms with E-state index >= 15 is 0 Å². The molecule has 0 aromatic rings. The Bertz CT molecular complexity index is 1000. The molecule has 0 saturated heterocycles. The molecule has 0 N–H and O–H groups in total. The van der Waals surface area contributed by atoms with Crippen molar-refractivity contribution in [3.05, 3.63) is 0 Å². The Hall–Kier alpha value is -2.02. The van der Waals surface area contributed by atoms with Crippen LogP contribution < -0.4 is 0 Å². The number of rotatable bonds is 11. The average Bonchev–Trinajstić information content (AvgIpc) is 2.71. The van der Waals surface area contributed by atoms with Gasteiger partial charge < -0.3 is 4.74 Å². The molecular weight excluding hydrogens is 634 g/mol. The molecule has 0 heterocycles. The van der Waals surface area contributed by atoms with E-state index in [4.69, 9.17) is 0 Å². The second-order valence-corrected chi connectivity index (χ2v) is 8.23. The van der Waals surface area contributed by atoms with Crippen LogP contribution in [0.3, 0.4) is 0 Å². The van der Waals surface area contributed by atoms with Crippen molar-refractivity contribution in [1.82, 2.24) is 4.53 Å². The molecule has 0 bridgehead atoms. The highest BCUT2D eigenvalue weighted by atomic mass is 32.2. The Kier molecular flexibility index (Phi) is 8.78. The number of alkyl halides is 19. The Labute approximate surface area is 194 Å². The first kappa shape index (κ1) is 36.0. The summed E-state index contributed by atoms with van der Waals surface area (Å²) >= 11 is 0. The zero-order valence-electron chi connectivity index (χ0n) is 16.8. The fraction of sp³-hybridized carbons (Fsp3) is 0.917. The quantitative estimate of drug-likeness (QED) is 0.128. The molecule has 0 aliphatic heterocycles. The number of hydrogen-bond donors (Lipinski definition) is 0. The first-order chi connectivity index (χ1) is 16.1. The van der Waals surface area contributed by atoms with E-state index < -0.39 is 80.1 Å². The highest BCUT2D eigenvalue weighted by molar-refractivity contribution is 7.90. The summed E-state index contributed by atoms with van der Waals surface area (Å²) < 4.78 is 284. The molecule has 5 nitrogen and oxygen atoms in total. The molecule has 0 unspecified atom stereocenters. The second-order valence-electron chi connectivity index (χ2n) is 6.44. The van der Waals surface area contributed by atoms with Gasteiger partial charge in [0.05, 0.1) is 6.61 Å². The van der Waals surface area contributed by atoms with Crippen LogP contribution in [0.1, 0.15) is 6.92 Å². The third-order valence-electron chi connectivity index (χ3n) is 3.97. The first-order valence-corrected chi connectivity index (χ1v) is 9.55. The summed E-state index contributed by atoms with van der Waals surface area (Å²) in [5, 5.41) is -8.62. The van der Waals surface area contributed by atoms with Gasteiger partial charge in [-0.3, -0.25) is 0 Å². The zero-order valence-corrected chi connectivity index (χ0v) is 17.6. The zero-order chi connectivity index (χ0) is 31.6. The number of esters is 1. The minimum atomic E-state index is -9.24. The predicted molar refractivity (Wildman–Crippen MR) is 74.1 cm³/mol. The van der Waals surface area contributed by atoms with Crippen molar-refractivity contribution >= 4 is 16.0 Å². The molecule has 26 heteroatoms. The topological polar surface area (TPSA) is 63.7 Å². The number of carbonyl (C=O) groups is 1. The van der Waals surface area contributed by atoms with E-state index in [0.717, 1.165) is 0 Å². The molecule has 228 valence electrons. The van der Waals surface area contributed by atoms with Crippen molar-refractivity contribution in [1.29, 1.82) is 0 Å². The molecule has 0 aliphatic rings. The predicted octanol–water partition coefficient (Wildman–Crippen LogP) is 5.63. The molecule has 0 atom stereocenters. The molecule has 0 aromatic carbocycles. The van der Waals surface area contributed by atoms with Gasteiger partial charge in [-0.1, -0.05) is 0 Å². The number of carbonyl (C=O) groups excluding carboxylic acids is 1. The fourth-order valence-corrected chi connectivity index (χ4v) is 2.88. The molecule has 38 heavy (non-hydrogen) atoms. The molecule has 0 aromatic heterocycles. The lowest BCUT2D eigenvalue weighted by molar-refractivity contribution is -0.458. The van der Waals surface area contributed by atoms with Crippen LogP contribution in [0.25, 0.3) is 0 Å². The van der Waals surface area contributed by atoms with Gasteiger partial charge in [0, 0.05) is 4.53 Å². The van der Waals surface area contributed by atoms with E-state index in [0.29, 0.717) is 6.92 Å². The average molecular weight is 639 g/mol. The van der Waals surface area contributed by atoms with Crippen molar-refractivity contribution in [2.24, 2.45) is 0 Å². The smallest absolute Gasteiger partial charge is 0.460 e. The Morgan fingerprint density at radius 1 is 0.605 bits per heavy atom. The maximum absolute atomic E-state index is 13.7. The van der Waals surface area contributed by atoms with Gasteiger partial charge in [-0.2, -0.15) is 83.4 Å². The van der Waals surface area contributed by atoms with Gasteiger partial charge in [-0.15, -0.1) is 4.48 Å². The minimum Gasteiger partial charge on any atom is -0.460 e. The molecule has 0 fully saturated rings. The lowest BCUT2D eigenvalue weighted by Crippen LogP contribution is -2.75. The number of sulfonamides is 1. The molecule has 0 saturated carbocycles. The van der Waals surface area contributed by atoms with Gasteiger partial charge >= 0.3 is 69.0 Å². The normalized spacial score (nSPS) is 16.2. The van der Waals surface area contributed by atoms with E-state index in [1.165, 1.54) is 0 Å². The Morgan fingerprint density at radius 2 is 0.895 bits per heavy atom. The van der Waals surface area contributed by atoms with E-state index in [1.54, 1.807) is 0 Å². The van der Waals surface area contributed by atoms with Crippen LogP contribution in [0.5, 0.6) is 0 Å². The number of halogens is 20. The lowest BCUT2D eigenvalue weighted by Gasteiger charge is -2.42. The highest BCUT2D eigenvalue weighted by Gasteiger charge is 2.96. The van der Waals surface area contributed by atoms with Gasteiger partial charge in [0.1, 0.15) is 0 Å². The standard InChI is InChI=1S/C12H5F20NO4S/c1-2-37-3(34)4(13,14)33(32)38(35,36)12(30,31)10(25,26)8(21,22)6(17,18)5(15,16)7(19,20)9(23,24)11(27,28)29/h2H2,1H3. The summed E-state index contributed by atoms with van der Waals surface area (Å²) in [4.78, 5) is 10.7. The molecule has 0 spiro atoms. The van der Waals surface area contributed by atoms with Crippen molar-refractivity contribution in [3.8, 4) is 0 Å². The van der Waals surface area contributed by atoms with Crippen LogP contribution in [0.15, 0.2) is 0 Å². The Morgan fingerprint density at radius 3 is 1.18 bits per heavy atom. The van der Waals surface area contributed by atoms with E-state index in [2.05, 4.69) is 4.74 Å². The van der Waals surface area contributed by atoms with Gasteiger partial charge in [0.15, 0.2) is 0 Å². The van der Waals surface area contributed by atoms with E-state index in [-0.39, 0.29) is 0 Å². The lowest BCUT2D eigenvalue weighted by atomic mass is 9.91. The van der Waals surface area contributed by atoms with Crippen molar-refractivity contribution < 1.29 is 106 Å². The van der Waals surface area contributed by atoms with E-state index in [1.807, 2.05) is 0 Å². The van der Waals surface area contributed by atoms with Gasteiger partial charge in [0.2, 0.25) is 0 Å². The van der Waals surface area contributed by atoms with Crippen molar-refractivity contribution in [2.45, 2.75) is 59.9 Å². The largest absolute Gasteiger partial charge is 0.460 e. The molecule has 0 radical (unpaired) electrons. The number of hydrogen-bond acceptors (Lipinski definition) is 4. The number of nitrogens with zero attached hydrogens (tertiary/aromatic N) is 1. The van der Waals surface area contributed by atoms with Crippen LogP contribution in [0.2, 0.25) is 0 Å². The van der Waals surface area contributed by atoms with Crippen molar-refractivity contribution in [3.63, 3.8) is 0 Å². The van der Waals surface area contributed by atoms with E-state index in [9.17, 15) is 101 Å². The van der Waals surface area contributed by atoms with Gasteiger partial charge in [-0.25, -0.2) is 13.2 Å². The maximum atomic E-state index is 13.7. The summed E-state index contributed by atoms with van der Waals surface area (Å²) in [7, 11) is -9.03. The third kappa shape index (κ3) is 4.47. The Balaban J connectivity index is 7.11.